The van der Waals surface area contributed by atoms with Gasteiger partial charge in [-0.05, 0) is 141 Å². The van der Waals surface area contributed by atoms with Gasteiger partial charge in [0.25, 0.3) is 0 Å². The van der Waals surface area contributed by atoms with Crippen LogP contribution < -0.4 is 4.90 Å². The van der Waals surface area contributed by atoms with Crippen LogP contribution in [0.3, 0.4) is 0 Å². The van der Waals surface area contributed by atoms with Crippen LogP contribution in [0.4, 0.5) is 17.1 Å². The third kappa shape index (κ3) is 6.54. The van der Waals surface area contributed by atoms with Crippen molar-refractivity contribution in [1.82, 2.24) is 4.57 Å². The van der Waals surface area contributed by atoms with Crippen LogP contribution in [0.5, 0.6) is 0 Å². The number of benzene rings is 11. The second-order valence-corrected chi connectivity index (χ2v) is 22.1. The lowest BCUT2D eigenvalue weighted by molar-refractivity contribution is 0.661. The van der Waals surface area contributed by atoms with Gasteiger partial charge in [-0.2, -0.15) is 0 Å². The molecule has 0 spiro atoms. The average Bonchev–Trinajstić information content (AvgIpc) is 4.20. The van der Waals surface area contributed by atoms with Crippen LogP contribution in [-0.2, 0) is 5.41 Å². The molecule has 0 amide bonds. The molecule has 4 heteroatoms. The summed E-state index contributed by atoms with van der Waals surface area (Å²) in [5, 5.41) is 7.79. The van der Waals surface area contributed by atoms with E-state index >= 15 is 0 Å². The van der Waals surface area contributed by atoms with Crippen LogP contribution in [0.15, 0.2) is 243 Å². The smallest absolute Gasteiger partial charge is 0.0544 e. The largest absolute Gasteiger partial charge is 0.311 e. The molecule has 0 saturated carbocycles. The first kappa shape index (κ1) is 42.2. The summed E-state index contributed by atoms with van der Waals surface area (Å²) in [6, 6.07) is 90.2. The van der Waals surface area contributed by atoms with Crippen LogP contribution in [0.1, 0.15) is 25.0 Å². The number of para-hydroxylation sites is 1. The van der Waals surface area contributed by atoms with Gasteiger partial charge in [-0.3, -0.25) is 0 Å². The third-order valence-electron chi connectivity index (χ3n) is 15.6. The van der Waals surface area contributed by atoms with Gasteiger partial charge in [0.1, 0.15) is 0 Å². The minimum atomic E-state index is -0.0917. The molecule has 1 aliphatic carbocycles. The van der Waals surface area contributed by atoms with Gasteiger partial charge in [0.05, 0.1) is 11.0 Å². The van der Waals surface area contributed by atoms with Gasteiger partial charge in [0, 0.05) is 79.3 Å². The summed E-state index contributed by atoms with van der Waals surface area (Å²) in [5.41, 5.74) is 19.6. The van der Waals surface area contributed by atoms with Crippen LogP contribution in [-0.4, -0.2) is 4.57 Å². The highest BCUT2D eigenvalue weighted by molar-refractivity contribution is 7.26. The number of fused-ring (bicyclic) bond motifs is 12. The van der Waals surface area contributed by atoms with Gasteiger partial charge in [-0.15, -0.1) is 22.7 Å². The first-order chi connectivity index (χ1) is 35.9. The minimum Gasteiger partial charge on any atom is -0.311 e. The van der Waals surface area contributed by atoms with E-state index in [1.165, 1.54) is 123 Å². The average molecular weight is 967 g/mol. The molecule has 0 atom stereocenters. The summed E-state index contributed by atoms with van der Waals surface area (Å²) in [4.78, 5) is 2.40. The molecule has 15 rings (SSSR count). The quantitative estimate of drug-likeness (QED) is 0.155. The Balaban J connectivity index is 0.840. The van der Waals surface area contributed by atoms with Crippen LogP contribution in [0.25, 0.3) is 112 Å². The second-order valence-electron chi connectivity index (χ2n) is 20.0. The zero-order chi connectivity index (χ0) is 48.4. The van der Waals surface area contributed by atoms with E-state index in [9.17, 15) is 0 Å². The number of thiophene rings is 2. The van der Waals surface area contributed by atoms with E-state index in [0.29, 0.717) is 0 Å². The summed E-state index contributed by atoms with van der Waals surface area (Å²) in [6.07, 6.45) is 0. The van der Waals surface area contributed by atoms with Gasteiger partial charge < -0.3 is 9.47 Å². The van der Waals surface area contributed by atoms with Crippen molar-refractivity contribution in [1.29, 1.82) is 0 Å². The Kier molecular flexibility index (Phi) is 9.38. The van der Waals surface area contributed by atoms with Crippen molar-refractivity contribution < 1.29 is 0 Å². The highest BCUT2D eigenvalue weighted by Gasteiger charge is 2.36. The molecule has 73 heavy (non-hydrogen) atoms. The van der Waals surface area contributed by atoms with Gasteiger partial charge in [-0.1, -0.05) is 172 Å². The Morgan fingerprint density at radius 1 is 0.329 bits per heavy atom. The van der Waals surface area contributed by atoms with Gasteiger partial charge in [-0.25, -0.2) is 0 Å². The molecular weight excluding hydrogens is 921 g/mol. The van der Waals surface area contributed by atoms with Crippen molar-refractivity contribution in [2.75, 3.05) is 4.90 Å². The van der Waals surface area contributed by atoms with Crippen LogP contribution in [0.2, 0.25) is 0 Å². The molecule has 0 radical (unpaired) electrons. The molecule has 1 aliphatic rings. The van der Waals surface area contributed by atoms with Crippen LogP contribution >= 0.6 is 22.7 Å². The maximum absolute atomic E-state index is 2.47. The van der Waals surface area contributed by atoms with E-state index in [-0.39, 0.29) is 5.41 Å². The number of hydrogen-bond acceptors (Lipinski definition) is 3. The van der Waals surface area contributed by atoms with E-state index in [1.54, 1.807) is 0 Å². The highest BCUT2D eigenvalue weighted by Crippen LogP contribution is 2.52. The fourth-order valence-electron chi connectivity index (χ4n) is 12.0. The second kappa shape index (κ2) is 16.2. The normalized spacial score (nSPS) is 12.9. The number of aromatic nitrogens is 1. The molecule has 0 fully saturated rings. The number of anilines is 3. The first-order valence-corrected chi connectivity index (χ1v) is 26.8. The summed E-state index contributed by atoms with van der Waals surface area (Å²) in [5.74, 6) is 0. The topological polar surface area (TPSA) is 8.17 Å². The Labute approximate surface area is 431 Å². The fraction of sp³-hybridized carbons (Fsp3) is 0.0435. The highest BCUT2D eigenvalue weighted by atomic mass is 32.1. The Bertz CT molecular complexity index is 4340. The molecular formula is C69H46N2S2. The molecule has 3 aromatic heterocycles. The van der Waals surface area contributed by atoms with Crippen molar-refractivity contribution in [3.8, 4) is 50.2 Å². The minimum absolute atomic E-state index is 0.0917. The Morgan fingerprint density at radius 3 is 1.41 bits per heavy atom. The van der Waals surface area contributed by atoms with Crippen molar-refractivity contribution in [2.45, 2.75) is 19.3 Å². The molecule has 0 saturated heterocycles. The SMILES string of the molecule is CC1(C)c2ccccc2-c2cc3c4cc(-c5ccc(N(c6ccc(-c7cccc8c7sc7ccccc78)cc6)c6ccc(-c7cccc8c7sc7ccccc78)cc6)cc5)ccc4n(-c4ccccc4)c3cc21. The maximum atomic E-state index is 2.47. The predicted molar refractivity (Wildman–Crippen MR) is 315 cm³/mol. The maximum Gasteiger partial charge on any atom is 0.0544 e. The summed E-state index contributed by atoms with van der Waals surface area (Å²) in [7, 11) is 0. The van der Waals surface area contributed by atoms with Gasteiger partial charge in [0.2, 0.25) is 0 Å². The van der Waals surface area contributed by atoms with Crippen molar-refractivity contribution in [3.63, 3.8) is 0 Å². The number of rotatable bonds is 7. The zero-order valence-electron chi connectivity index (χ0n) is 40.3. The first-order valence-electron chi connectivity index (χ1n) is 25.1. The van der Waals surface area contributed by atoms with Crippen LogP contribution in [0, 0.1) is 0 Å². The van der Waals surface area contributed by atoms with E-state index in [2.05, 4.69) is 266 Å². The number of hydrogen-bond donors (Lipinski definition) is 0. The Hall–Kier alpha value is -8.54. The zero-order valence-corrected chi connectivity index (χ0v) is 41.9. The molecule has 2 nitrogen and oxygen atoms in total. The predicted octanol–water partition coefficient (Wildman–Crippen LogP) is 20.3. The lowest BCUT2D eigenvalue weighted by Gasteiger charge is -2.26. The summed E-state index contributed by atoms with van der Waals surface area (Å²) < 4.78 is 7.75. The lowest BCUT2D eigenvalue weighted by Crippen LogP contribution is -2.14. The van der Waals surface area contributed by atoms with E-state index in [4.69, 9.17) is 0 Å². The lowest BCUT2D eigenvalue weighted by atomic mass is 9.82. The molecule has 0 bridgehead atoms. The van der Waals surface area contributed by atoms with Gasteiger partial charge >= 0.3 is 0 Å². The van der Waals surface area contributed by atoms with Gasteiger partial charge in [0.15, 0.2) is 0 Å². The number of nitrogens with zero attached hydrogens (tertiary/aromatic N) is 2. The van der Waals surface area contributed by atoms with E-state index in [1.807, 2.05) is 22.7 Å². The van der Waals surface area contributed by atoms with Crippen molar-refractivity contribution in [3.05, 3.63) is 254 Å². The fourth-order valence-corrected chi connectivity index (χ4v) is 14.5. The molecule has 3 heterocycles. The van der Waals surface area contributed by atoms with E-state index < -0.39 is 0 Å². The van der Waals surface area contributed by atoms with E-state index in [0.717, 1.165) is 17.1 Å². The molecule has 14 aromatic rings. The Morgan fingerprint density at radius 2 is 0.808 bits per heavy atom. The molecule has 0 N–H and O–H groups in total. The monoisotopic (exact) mass is 966 g/mol. The van der Waals surface area contributed by atoms with Crippen molar-refractivity contribution in [2.24, 2.45) is 0 Å². The molecule has 344 valence electrons. The molecule has 11 aromatic carbocycles. The summed E-state index contributed by atoms with van der Waals surface area (Å²) >= 11 is 3.76. The van der Waals surface area contributed by atoms with Crippen molar-refractivity contribution >= 4 is 102 Å². The molecule has 0 aliphatic heterocycles. The summed E-state index contributed by atoms with van der Waals surface area (Å²) in [6.45, 7) is 4.74. The molecule has 0 unspecified atom stereocenters. The third-order valence-corrected chi connectivity index (χ3v) is 18.1. The standard InChI is InChI=1S/C69H46N2S2/c1-69(2)61-23-9-6-16-53(61)58-41-60-59-40-46(32-39-63(59)71(64(60)42-62(58)69)47-14-4-3-5-15-47)43-26-33-48(34-27-43)70(49-35-28-44(29-36-49)51-19-12-21-56-54-17-7-10-24-65(54)72-67(51)56)50-37-30-45(31-38-50)52-20-13-22-57-55-18-8-11-25-66(55)73-68(52)57/h3-42H,1-2H3.